The van der Waals surface area contributed by atoms with E-state index >= 15 is 0 Å². The molecule has 0 radical (unpaired) electrons. The van der Waals surface area contributed by atoms with E-state index in [0.717, 1.165) is 12.1 Å². The summed E-state index contributed by atoms with van der Waals surface area (Å²) < 4.78 is 68.5. The van der Waals surface area contributed by atoms with Crippen molar-refractivity contribution in [3.63, 3.8) is 0 Å². The Kier molecular flexibility index (Phi) is 4.97. The van der Waals surface area contributed by atoms with Crippen molar-refractivity contribution in [1.29, 1.82) is 0 Å². The van der Waals surface area contributed by atoms with E-state index in [0.29, 0.717) is 5.69 Å². The summed E-state index contributed by atoms with van der Waals surface area (Å²) in [6.45, 7) is 3.04. The Hall–Kier alpha value is -3.16. The molecule has 0 bridgehead atoms. The first-order valence-corrected chi connectivity index (χ1v) is 8.22. The van der Waals surface area contributed by atoms with E-state index in [2.05, 4.69) is 5.32 Å². The van der Waals surface area contributed by atoms with Crippen molar-refractivity contribution in [2.24, 2.45) is 0 Å². The molecule has 0 atom stereocenters. The molecular formula is C20H15F5N2O. The van der Waals surface area contributed by atoms with Gasteiger partial charge in [-0.2, -0.15) is 13.2 Å². The first-order valence-electron chi connectivity index (χ1n) is 8.22. The molecule has 0 aliphatic carbocycles. The highest BCUT2D eigenvalue weighted by atomic mass is 19.4. The van der Waals surface area contributed by atoms with Crippen LogP contribution in [-0.2, 0) is 6.18 Å². The molecule has 0 saturated carbocycles. The summed E-state index contributed by atoms with van der Waals surface area (Å²) in [5, 5.41) is 2.26. The van der Waals surface area contributed by atoms with Crippen LogP contribution in [-0.4, -0.2) is 10.5 Å². The second-order valence-electron chi connectivity index (χ2n) is 6.19. The Labute approximate surface area is 157 Å². The molecule has 28 heavy (non-hydrogen) atoms. The Bertz CT molecular complexity index is 1050. The third-order valence-electron chi connectivity index (χ3n) is 4.33. The van der Waals surface area contributed by atoms with E-state index in [1.807, 2.05) is 0 Å². The number of aryl methyl sites for hydroxylation is 1. The molecule has 8 heteroatoms. The second-order valence-corrected chi connectivity index (χ2v) is 6.19. The lowest BCUT2D eigenvalue weighted by Crippen LogP contribution is -2.15. The maximum absolute atomic E-state index is 13.8. The topological polar surface area (TPSA) is 34.0 Å². The molecule has 3 nitrogen and oxygen atoms in total. The number of hydrogen-bond donors (Lipinski definition) is 1. The average Bonchev–Trinajstić information content (AvgIpc) is 2.92. The zero-order valence-electron chi connectivity index (χ0n) is 14.9. The van der Waals surface area contributed by atoms with Gasteiger partial charge in [0.05, 0.1) is 22.5 Å². The van der Waals surface area contributed by atoms with Crippen LogP contribution in [0.15, 0.2) is 48.5 Å². The minimum Gasteiger partial charge on any atom is -0.319 e. The number of benzene rings is 2. The van der Waals surface area contributed by atoms with Gasteiger partial charge in [-0.05, 0) is 44.2 Å². The molecule has 1 N–H and O–H groups in total. The van der Waals surface area contributed by atoms with Crippen molar-refractivity contribution >= 4 is 11.6 Å². The number of carbonyl (C=O) groups is 1. The van der Waals surface area contributed by atoms with Gasteiger partial charge in [-0.1, -0.05) is 18.2 Å². The number of aromatic nitrogens is 1. The second kappa shape index (κ2) is 7.10. The number of anilines is 1. The van der Waals surface area contributed by atoms with E-state index in [1.165, 1.54) is 47.9 Å². The van der Waals surface area contributed by atoms with E-state index in [1.54, 1.807) is 6.92 Å². The highest BCUT2D eigenvalue weighted by molar-refractivity contribution is 6.05. The number of nitrogens with one attached hydrogen (secondary N) is 1. The van der Waals surface area contributed by atoms with Crippen molar-refractivity contribution in [2.45, 2.75) is 20.0 Å². The lowest BCUT2D eigenvalue weighted by molar-refractivity contribution is -0.137. The first kappa shape index (κ1) is 19.6. The number of halogens is 5. The highest BCUT2D eigenvalue weighted by Gasteiger charge is 2.34. The number of rotatable bonds is 3. The Morgan fingerprint density at radius 3 is 2.36 bits per heavy atom. The molecule has 0 unspecified atom stereocenters. The molecule has 1 aromatic heterocycles. The number of hydrogen-bond acceptors (Lipinski definition) is 1. The molecular weight excluding hydrogens is 379 g/mol. The third kappa shape index (κ3) is 3.49. The minimum absolute atomic E-state index is 0.0538. The average molecular weight is 394 g/mol. The molecule has 3 aromatic rings. The van der Waals surface area contributed by atoms with Gasteiger partial charge in [0.25, 0.3) is 5.91 Å². The van der Waals surface area contributed by atoms with Crippen LogP contribution < -0.4 is 5.32 Å². The van der Waals surface area contributed by atoms with Crippen molar-refractivity contribution in [1.82, 2.24) is 4.57 Å². The van der Waals surface area contributed by atoms with Crippen LogP contribution in [0.2, 0.25) is 0 Å². The zero-order chi connectivity index (χ0) is 20.6. The summed E-state index contributed by atoms with van der Waals surface area (Å²) >= 11 is 0. The summed E-state index contributed by atoms with van der Waals surface area (Å²) in [4.78, 5) is 12.5. The first-order chi connectivity index (χ1) is 13.1. The normalized spacial score (nSPS) is 11.5. The van der Waals surface area contributed by atoms with Gasteiger partial charge in [0, 0.05) is 11.4 Å². The Morgan fingerprint density at radius 1 is 1.00 bits per heavy atom. The summed E-state index contributed by atoms with van der Waals surface area (Å²) in [5.74, 6) is -3.09. The van der Waals surface area contributed by atoms with Crippen molar-refractivity contribution < 1.29 is 26.7 Å². The monoisotopic (exact) mass is 394 g/mol. The lowest BCUT2D eigenvalue weighted by atomic mass is 10.1. The summed E-state index contributed by atoms with van der Waals surface area (Å²) in [6, 6.07) is 9.73. The minimum atomic E-state index is -4.58. The van der Waals surface area contributed by atoms with Crippen molar-refractivity contribution in [3.05, 3.63) is 82.7 Å². The predicted molar refractivity (Wildman–Crippen MR) is 94.6 cm³/mol. The molecule has 0 aliphatic heterocycles. The Balaban J connectivity index is 2.04. The van der Waals surface area contributed by atoms with Crippen LogP contribution in [0.3, 0.4) is 0 Å². The highest BCUT2D eigenvalue weighted by Crippen LogP contribution is 2.35. The summed E-state index contributed by atoms with van der Waals surface area (Å²) in [7, 11) is 0. The maximum Gasteiger partial charge on any atom is 0.418 e. The van der Waals surface area contributed by atoms with Crippen LogP contribution in [0.25, 0.3) is 5.69 Å². The fraction of sp³-hybridized carbons (Fsp3) is 0.150. The van der Waals surface area contributed by atoms with Gasteiger partial charge in [0.15, 0.2) is 11.6 Å². The van der Waals surface area contributed by atoms with E-state index < -0.39 is 29.3 Å². The number of alkyl halides is 3. The van der Waals surface area contributed by atoms with Crippen LogP contribution in [0, 0.1) is 25.5 Å². The lowest BCUT2D eigenvalue weighted by Gasteiger charge is -2.16. The number of nitrogens with zero attached hydrogens (tertiary/aromatic N) is 1. The fourth-order valence-electron chi connectivity index (χ4n) is 3.06. The molecule has 0 aliphatic rings. The molecule has 0 spiro atoms. The van der Waals surface area contributed by atoms with Gasteiger partial charge in [-0.3, -0.25) is 4.79 Å². The quantitative estimate of drug-likeness (QED) is 0.573. The zero-order valence-corrected chi connectivity index (χ0v) is 14.9. The molecule has 3 rings (SSSR count). The van der Waals surface area contributed by atoms with E-state index in [-0.39, 0.29) is 22.6 Å². The maximum atomic E-state index is 13.8. The molecule has 0 fully saturated rings. The predicted octanol–water partition coefficient (Wildman–Crippen LogP) is 5.64. The number of amides is 1. The standard InChI is InChI=1S/C20H15F5N2O/c1-11-10-13(19(28)26-16-8-5-7-15(21)18(16)22)12(2)27(11)17-9-4-3-6-14(17)20(23,24)25/h3-10H,1-2H3,(H,26,28). The van der Waals surface area contributed by atoms with Crippen LogP contribution >= 0.6 is 0 Å². The van der Waals surface area contributed by atoms with Gasteiger partial charge < -0.3 is 9.88 Å². The van der Waals surface area contributed by atoms with E-state index in [9.17, 15) is 26.7 Å². The fourth-order valence-corrected chi connectivity index (χ4v) is 3.06. The summed E-state index contributed by atoms with van der Waals surface area (Å²) in [6.07, 6.45) is -4.58. The largest absolute Gasteiger partial charge is 0.418 e. The Morgan fingerprint density at radius 2 is 1.68 bits per heavy atom. The molecule has 2 aromatic carbocycles. The van der Waals surface area contributed by atoms with Crippen LogP contribution in [0.4, 0.5) is 27.6 Å². The van der Waals surface area contributed by atoms with Crippen molar-refractivity contribution in [3.8, 4) is 5.69 Å². The third-order valence-corrected chi connectivity index (χ3v) is 4.33. The van der Waals surface area contributed by atoms with E-state index in [4.69, 9.17) is 0 Å². The number of para-hydroxylation sites is 1. The van der Waals surface area contributed by atoms with Gasteiger partial charge >= 0.3 is 6.18 Å². The SMILES string of the molecule is Cc1cc(C(=O)Nc2cccc(F)c2F)c(C)n1-c1ccccc1C(F)(F)F. The molecule has 1 amide bonds. The van der Waals surface area contributed by atoms with Crippen LogP contribution in [0.1, 0.15) is 27.3 Å². The van der Waals surface area contributed by atoms with Gasteiger partial charge in [0.1, 0.15) is 0 Å². The van der Waals surface area contributed by atoms with Gasteiger partial charge in [-0.25, -0.2) is 8.78 Å². The molecule has 146 valence electrons. The number of carbonyl (C=O) groups excluding carboxylic acids is 1. The van der Waals surface area contributed by atoms with Gasteiger partial charge in [0.2, 0.25) is 0 Å². The molecule has 0 saturated heterocycles. The molecule has 1 heterocycles. The summed E-state index contributed by atoms with van der Waals surface area (Å²) in [5.41, 5.74) is -0.646. The van der Waals surface area contributed by atoms with Crippen LogP contribution in [0.5, 0.6) is 0 Å². The smallest absolute Gasteiger partial charge is 0.319 e. The van der Waals surface area contributed by atoms with Gasteiger partial charge in [-0.15, -0.1) is 0 Å². The van der Waals surface area contributed by atoms with Crippen molar-refractivity contribution in [2.75, 3.05) is 5.32 Å².